The molecule has 3 heteroatoms. The summed E-state index contributed by atoms with van der Waals surface area (Å²) in [6.45, 7) is 1.56. The zero-order chi connectivity index (χ0) is 8.43. The van der Waals surface area contributed by atoms with E-state index in [2.05, 4.69) is 0 Å². The maximum absolute atomic E-state index is 12.6. The molecular weight excluding hydrogens is 145 g/mol. The Morgan fingerprint density at radius 1 is 1.55 bits per heavy atom. The minimum atomic E-state index is -0.686. The first kappa shape index (κ1) is 7.72. The van der Waals surface area contributed by atoms with E-state index in [1.54, 1.807) is 6.92 Å². The lowest BCUT2D eigenvalue weighted by molar-refractivity contribution is 0.432. The highest BCUT2D eigenvalue weighted by Gasteiger charge is 2.01. The molecule has 1 aromatic rings. The molecule has 0 heterocycles. The van der Waals surface area contributed by atoms with Gasteiger partial charge in [-0.1, -0.05) is 0 Å². The fraction of sp³-hybridized carbons (Fsp3) is 0.125. The molecule has 58 valence electrons. The summed E-state index contributed by atoms with van der Waals surface area (Å²) in [5.74, 6) is -1.07. The van der Waals surface area contributed by atoms with Crippen molar-refractivity contribution in [3.05, 3.63) is 29.6 Å². The van der Waals surface area contributed by atoms with Crippen molar-refractivity contribution in [3.8, 4) is 5.75 Å². The predicted octanol–water partition coefficient (Wildman–Crippen LogP) is 1.92. The monoisotopic (exact) mass is 153 g/mol. The maximum atomic E-state index is 12.6. The van der Waals surface area contributed by atoms with Crippen LogP contribution < -0.4 is 0 Å². The van der Waals surface area contributed by atoms with Crippen LogP contribution in [-0.4, -0.2) is 10.8 Å². The van der Waals surface area contributed by atoms with Gasteiger partial charge in [-0.2, -0.15) is 0 Å². The third-order valence-electron chi connectivity index (χ3n) is 1.38. The van der Waals surface area contributed by atoms with E-state index in [4.69, 9.17) is 10.5 Å². The minimum absolute atomic E-state index is 0.281. The van der Waals surface area contributed by atoms with Crippen molar-refractivity contribution in [2.24, 2.45) is 0 Å². The number of aromatic hydroxyl groups is 1. The second-order valence-corrected chi connectivity index (χ2v) is 2.29. The summed E-state index contributed by atoms with van der Waals surface area (Å²) in [7, 11) is 0. The molecule has 0 aromatic heterocycles. The molecule has 0 radical (unpaired) electrons. The molecule has 0 aliphatic heterocycles. The van der Waals surface area contributed by atoms with Crippen LogP contribution in [0.2, 0.25) is 0 Å². The van der Waals surface area contributed by atoms with Crippen molar-refractivity contribution < 1.29 is 9.50 Å². The van der Waals surface area contributed by atoms with Crippen LogP contribution in [0.3, 0.4) is 0 Å². The molecule has 11 heavy (non-hydrogen) atoms. The van der Waals surface area contributed by atoms with Gasteiger partial charge in [0.2, 0.25) is 0 Å². The molecule has 1 rings (SSSR count). The van der Waals surface area contributed by atoms with E-state index in [0.717, 1.165) is 6.07 Å². The van der Waals surface area contributed by atoms with Gasteiger partial charge in [0.05, 0.1) is 0 Å². The SMILES string of the molecule is CC(=N)c1ccc(O)c(F)c1. The van der Waals surface area contributed by atoms with E-state index >= 15 is 0 Å². The van der Waals surface area contributed by atoms with E-state index in [9.17, 15) is 4.39 Å². The number of phenolic OH excluding ortho intramolecular Hbond substituents is 1. The first-order valence-corrected chi connectivity index (χ1v) is 3.15. The lowest BCUT2D eigenvalue weighted by Gasteiger charge is -1.98. The van der Waals surface area contributed by atoms with Gasteiger partial charge in [0.25, 0.3) is 0 Å². The summed E-state index contributed by atoms with van der Waals surface area (Å²) in [5.41, 5.74) is 0.768. The number of benzene rings is 1. The zero-order valence-corrected chi connectivity index (χ0v) is 6.06. The summed E-state index contributed by atoms with van der Waals surface area (Å²) >= 11 is 0. The summed E-state index contributed by atoms with van der Waals surface area (Å²) in [6, 6.07) is 3.88. The van der Waals surface area contributed by atoms with Crippen LogP contribution in [0.5, 0.6) is 5.75 Å². The van der Waals surface area contributed by atoms with Gasteiger partial charge in [0, 0.05) is 5.71 Å². The number of rotatable bonds is 1. The molecule has 2 N–H and O–H groups in total. The van der Waals surface area contributed by atoms with E-state index in [1.807, 2.05) is 0 Å². The topological polar surface area (TPSA) is 44.1 Å². The Bertz CT molecular complexity index is 296. The van der Waals surface area contributed by atoms with Crippen LogP contribution in [-0.2, 0) is 0 Å². The van der Waals surface area contributed by atoms with Gasteiger partial charge in [-0.3, -0.25) is 0 Å². The molecule has 0 aliphatic carbocycles. The Labute approximate surface area is 63.8 Å². The average Bonchev–Trinajstić information content (AvgIpc) is 1.94. The molecule has 0 saturated carbocycles. The van der Waals surface area contributed by atoms with Crippen molar-refractivity contribution in [2.45, 2.75) is 6.92 Å². The Hall–Kier alpha value is -1.38. The lowest BCUT2D eigenvalue weighted by atomic mass is 10.1. The second kappa shape index (κ2) is 2.70. The summed E-state index contributed by atoms with van der Waals surface area (Å²) in [5, 5.41) is 15.9. The molecule has 0 atom stereocenters. The van der Waals surface area contributed by atoms with E-state index in [0.29, 0.717) is 5.56 Å². The van der Waals surface area contributed by atoms with Crippen LogP contribution in [0.25, 0.3) is 0 Å². The standard InChI is InChI=1S/C8H8FNO/c1-5(10)6-2-3-8(11)7(9)4-6/h2-4,10-11H,1H3. The number of nitrogens with one attached hydrogen (secondary N) is 1. The van der Waals surface area contributed by atoms with E-state index < -0.39 is 5.82 Å². The zero-order valence-electron chi connectivity index (χ0n) is 6.06. The average molecular weight is 153 g/mol. The highest BCUT2D eigenvalue weighted by Crippen LogP contribution is 2.15. The van der Waals surface area contributed by atoms with E-state index in [1.165, 1.54) is 12.1 Å². The van der Waals surface area contributed by atoms with Gasteiger partial charge in [0.15, 0.2) is 11.6 Å². The van der Waals surface area contributed by atoms with Gasteiger partial charge in [0.1, 0.15) is 0 Å². The van der Waals surface area contributed by atoms with Crippen molar-refractivity contribution >= 4 is 5.71 Å². The number of hydrogen-bond acceptors (Lipinski definition) is 2. The third-order valence-corrected chi connectivity index (χ3v) is 1.38. The van der Waals surface area contributed by atoms with Crippen LogP contribution >= 0.6 is 0 Å². The van der Waals surface area contributed by atoms with Gasteiger partial charge < -0.3 is 10.5 Å². The number of halogens is 1. The van der Waals surface area contributed by atoms with Crippen LogP contribution in [0.1, 0.15) is 12.5 Å². The summed E-state index contributed by atoms with van der Waals surface area (Å²) < 4.78 is 12.6. The van der Waals surface area contributed by atoms with E-state index in [-0.39, 0.29) is 11.5 Å². The Balaban J connectivity index is 3.15. The predicted molar refractivity (Wildman–Crippen MR) is 40.6 cm³/mol. The molecule has 0 aliphatic rings. The first-order valence-electron chi connectivity index (χ1n) is 3.15. The van der Waals surface area contributed by atoms with Crippen LogP contribution in [0.15, 0.2) is 18.2 Å². The Kier molecular flexibility index (Phi) is 1.89. The molecule has 0 unspecified atom stereocenters. The third kappa shape index (κ3) is 1.55. The van der Waals surface area contributed by atoms with Gasteiger partial charge in [-0.05, 0) is 30.7 Å². The molecular formula is C8H8FNO. The Morgan fingerprint density at radius 3 is 2.64 bits per heavy atom. The normalized spacial score (nSPS) is 9.64. The minimum Gasteiger partial charge on any atom is -0.505 e. The number of phenols is 1. The first-order chi connectivity index (χ1) is 5.11. The van der Waals surface area contributed by atoms with Crippen molar-refractivity contribution in [3.63, 3.8) is 0 Å². The quantitative estimate of drug-likeness (QED) is 0.595. The maximum Gasteiger partial charge on any atom is 0.165 e. The van der Waals surface area contributed by atoms with Gasteiger partial charge in [-0.25, -0.2) is 4.39 Å². The fourth-order valence-electron chi connectivity index (χ4n) is 0.740. The fourth-order valence-corrected chi connectivity index (χ4v) is 0.740. The molecule has 0 bridgehead atoms. The molecule has 0 fully saturated rings. The Morgan fingerprint density at radius 2 is 2.18 bits per heavy atom. The lowest BCUT2D eigenvalue weighted by Crippen LogP contribution is -1.92. The summed E-state index contributed by atoms with van der Waals surface area (Å²) in [4.78, 5) is 0. The molecule has 2 nitrogen and oxygen atoms in total. The van der Waals surface area contributed by atoms with Crippen LogP contribution in [0, 0.1) is 11.2 Å². The van der Waals surface area contributed by atoms with Crippen molar-refractivity contribution in [1.29, 1.82) is 5.41 Å². The molecule has 1 aromatic carbocycles. The van der Waals surface area contributed by atoms with Crippen molar-refractivity contribution in [2.75, 3.05) is 0 Å². The highest BCUT2D eigenvalue weighted by molar-refractivity contribution is 5.96. The molecule has 0 spiro atoms. The highest BCUT2D eigenvalue weighted by atomic mass is 19.1. The largest absolute Gasteiger partial charge is 0.505 e. The molecule has 0 amide bonds. The van der Waals surface area contributed by atoms with Gasteiger partial charge in [-0.15, -0.1) is 0 Å². The number of hydrogen-bond donors (Lipinski definition) is 2. The van der Waals surface area contributed by atoms with Gasteiger partial charge >= 0.3 is 0 Å². The smallest absolute Gasteiger partial charge is 0.165 e. The summed E-state index contributed by atoms with van der Waals surface area (Å²) in [6.07, 6.45) is 0. The van der Waals surface area contributed by atoms with Crippen molar-refractivity contribution in [1.82, 2.24) is 0 Å². The second-order valence-electron chi connectivity index (χ2n) is 2.29. The van der Waals surface area contributed by atoms with Crippen LogP contribution in [0.4, 0.5) is 4.39 Å². The molecule has 0 saturated heterocycles.